The summed E-state index contributed by atoms with van der Waals surface area (Å²) in [6, 6.07) is 0. The van der Waals surface area contributed by atoms with Gasteiger partial charge in [0.2, 0.25) is 0 Å². The second-order valence-electron chi connectivity index (χ2n) is 2.16. The Hall–Kier alpha value is 0.0300. The number of hydrogen-bond donors (Lipinski definition) is 5. The van der Waals surface area contributed by atoms with E-state index in [1.165, 1.54) is 0 Å². The zero-order valence-corrected chi connectivity index (χ0v) is 6.61. The molecule has 0 bridgehead atoms. The van der Waals surface area contributed by atoms with E-state index in [0.29, 0.717) is 0 Å². The predicted octanol–water partition coefficient (Wildman–Crippen LogP) is -1.77. The minimum absolute atomic E-state index is 0.548. The summed E-state index contributed by atoms with van der Waals surface area (Å²) in [5.74, 6) is 0. The van der Waals surface area contributed by atoms with Crippen LogP contribution in [0.3, 0.4) is 0 Å². The van der Waals surface area contributed by atoms with Gasteiger partial charge >= 0.3 is 7.60 Å². The Labute approximate surface area is 63.3 Å². The Kier molecular flexibility index (Phi) is 3.63. The molecule has 0 spiro atoms. The Morgan fingerprint density at radius 1 is 1.27 bits per heavy atom. The van der Waals surface area contributed by atoms with E-state index in [-0.39, 0.29) is 0 Å². The van der Waals surface area contributed by atoms with Gasteiger partial charge in [-0.3, -0.25) is 4.57 Å². The van der Waals surface area contributed by atoms with E-state index in [4.69, 9.17) is 25.1 Å². The topological polar surface area (TPSA) is 118 Å². The van der Waals surface area contributed by atoms with Crippen molar-refractivity contribution in [2.75, 3.05) is 13.2 Å². The van der Waals surface area contributed by atoms with Gasteiger partial charge in [-0.05, 0) is 0 Å². The molecular formula is C4H11O6P. The maximum Gasteiger partial charge on any atom is 0.359 e. The van der Waals surface area contributed by atoms with Gasteiger partial charge in [-0.2, -0.15) is 0 Å². The SMILES string of the molecule is O=P(O)(O)C(O)(CO)CCO. The second-order valence-corrected chi connectivity index (χ2v) is 4.08. The Balaban J connectivity index is 4.47. The van der Waals surface area contributed by atoms with Gasteiger partial charge in [-0.15, -0.1) is 0 Å². The van der Waals surface area contributed by atoms with Crippen molar-refractivity contribution >= 4 is 7.60 Å². The number of hydrogen-bond acceptors (Lipinski definition) is 4. The van der Waals surface area contributed by atoms with Gasteiger partial charge in [0.05, 0.1) is 6.61 Å². The van der Waals surface area contributed by atoms with Crippen molar-refractivity contribution in [3.8, 4) is 0 Å². The highest BCUT2D eigenvalue weighted by atomic mass is 31.2. The third kappa shape index (κ3) is 2.52. The van der Waals surface area contributed by atoms with Gasteiger partial charge in [-0.1, -0.05) is 0 Å². The molecule has 0 radical (unpaired) electrons. The molecule has 0 aromatic heterocycles. The fourth-order valence-corrected chi connectivity index (χ4v) is 1.07. The van der Waals surface area contributed by atoms with Crippen LogP contribution in [0.2, 0.25) is 0 Å². The molecule has 1 unspecified atom stereocenters. The van der Waals surface area contributed by atoms with Crippen molar-refractivity contribution in [3.63, 3.8) is 0 Å². The van der Waals surface area contributed by atoms with E-state index < -0.39 is 32.6 Å². The summed E-state index contributed by atoms with van der Waals surface area (Å²) in [5.41, 5.74) is 0. The van der Waals surface area contributed by atoms with E-state index in [0.717, 1.165) is 0 Å². The highest BCUT2D eigenvalue weighted by Gasteiger charge is 2.44. The fourth-order valence-electron chi connectivity index (χ4n) is 0.496. The zero-order valence-electron chi connectivity index (χ0n) is 5.71. The minimum Gasteiger partial charge on any atom is -0.396 e. The van der Waals surface area contributed by atoms with Crippen LogP contribution in [-0.2, 0) is 4.57 Å². The van der Waals surface area contributed by atoms with Crippen molar-refractivity contribution in [3.05, 3.63) is 0 Å². The lowest BCUT2D eigenvalue weighted by molar-refractivity contribution is 0.0143. The Morgan fingerprint density at radius 2 is 1.73 bits per heavy atom. The normalized spacial score (nSPS) is 17.9. The van der Waals surface area contributed by atoms with Crippen LogP contribution < -0.4 is 0 Å². The molecule has 0 aliphatic rings. The molecule has 0 aliphatic carbocycles. The van der Waals surface area contributed by atoms with Crippen molar-refractivity contribution in [2.45, 2.75) is 11.8 Å². The van der Waals surface area contributed by atoms with Crippen LogP contribution in [0.4, 0.5) is 0 Å². The maximum absolute atomic E-state index is 10.4. The van der Waals surface area contributed by atoms with E-state index >= 15 is 0 Å². The van der Waals surface area contributed by atoms with Crippen LogP contribution >= 0.6 is 7.60 Å². The van der Waals surface area contributed by atoms with Crippen molar-refractivity contribution in [1.82, 2.24) is 0 Å². The number of aliphatic hydroxyl groups is 3. The van der Waals surface area contributed by atoms with E-state index in [1.54, 1.807) is 0 Å². The summed E-state index contributed by atoms with van der Waals surface area (Å²) in [4.78, 5) is 16.9. The molecule has 0 saturated heterocycles. The van der Waals surface area contributed by atoms with Crippen LogP contribution in [0, 0.1) is 0 Å². The summed E-state index contributed by atoms with van der Waals surface area (Å²) < 4.78 is 10.4. The van der Waals surface area contributed by atoms with Crippen LogP contribution in [0.15, 0.2) is 0 Å². The van der Waals surface area contributed by atoms with E-state index in [2.05, 4.69) is 0 Å². The largest absolute Gasteiger partial charge is 0.396 e. The first-order valence-corrected chi connectivity index (χ1v) is 4.48. The highest BCUT2D eigenvalue weighted by Crippen LogP contribution is 2.50. The van der Waals surface area contributed by atoms with Crippen LogP contribution in [-0.4, -0.2) is 43.7 Å². The minimum atomic E-state index is -4.76. The van der Waals surface area contributed by atoms with Crippen LogP contribution in [0.25, 0.3) is 0 Å². The number of aliphatic hydroxyl groups excluding tert-OH is 2. The van der Waals surface area contributed by atoms with Crippen molar-refractivity contribution < 1.29 is 29.7 Å². The third-order valence-electron chi connectivity index (χ3n) is 1.31. The molecule has 7 heteroatoms. The molecule has 0 aliphatic heterocycles. The standard InChI is InChI=1S/C4H11O6P/c5-2-1-4(7,3-6)11(8,9)10/h5-7H,1-3H2,(H2,8,9,10). The molecule has 6 nitrogen and oxygen atoms in total. The first kappa shape index (κ1) is 11.0. The average molecular weight is 186 g/mol. The first-order chi connectivity index (χ1) is 4.87. The molecule has 1 atom stereocenters. The van der Waals surface area contributed by atoms with E-state index in [1.807, 2.05) is 0 Å². The molecule has 68 valence electrons. The summed E-state index contributed by atoms with van der Waals surface area (Å²) in [5, 5.41) is 23.2. The monoisotopic (exact) mass is 186 g/mol. The average Bonchev–Trinajstić information content (AvgIpc) is 1.86. The smallest absolute Gasteiger partial charge is 0.359 e. The predicted molar refractivity (Wildman–Crippen MR) is 35.8 cm³/mol. The molecule has 0 aromatic rings. The lowest BCUT2D eigenvalue weighted by atomic mass is 10.3. The molecule has 11 heavy (non-hydrogen) atoms. The zero-order chi connectivity index (χ0) is 9.12. The Morgan fingerprint density at radius 3 is 1.82 bits per heavy atom. The molecule has 0 heterocycles. The van der Waals surface area contributed by atoms with Gasteiger partial charge in [0, 0.05) is 13.0 Å². The third-order valence-corrected chi connectivity index (χ3v) is 2.76. The van der Waals surface area contributed by atoms with E-state index in [9.17, 15) is 4.57 Å². The number of rotatable bonds is 4. The van der Waals surface area contributed by atoms with Gasteiger partial charge < -0.3 is 25.1 Å². The Bertz CT molecular complexity index is 164. The second kappa shape index (κ2) is 3.62. The quantitative estimate of drug-likeness (QED) is 0.331. The van der Waals surface area contributed by atoms with Gasteiger partial charge in [0.15, 0.2) is 5.34 Å². The summed E-state index contributed by atoms with van der Waals surface area (Å²) in [6.07, 6.45) is -0.548. The lowest BCUT2D eigenvalue weighted by Gasteiger charge is -2.25. The van der Waals surface area contributed by atoms with Crippen molar-refractivity contribution in [1.29, 1.82) is 0 Å². The fraction of sp³-hybridized carbons (Fsp3) is 1.00. The summed E-state index contributed by atoms with van der Waals surface area (Å²) in [6.45, 7) is -1.67. The van der Waals surface area contributed by atoms with Gasteiger partial charge in [0.25, 0.3) is 0 Å². The lowest BCUT2D eigenvalue weighted by Crippen LogP contribution is -2.34. The molecule has 0 saturated carbocycles. The van der Waals surface area contributed by atoms with Gasteiger partial charge in [0.1, 0.15) is 0 Å². The molecule has 0 rings (SSSR count). The van der Waals surface area contributed by atoms with Gasteiger partial charge in [-0.25, -0.2) is 0 Å². The molecule has 0 aromatic carbocycles. The molecule has 0 fully saturated rings. The molecule has 5 N–H and O–H groups in total. The first-order valence-electron chi connectivity index (χ1n) is 2.87. The van der Waals surface area contributed by atoms with Crippen LogP contribution in [0.1, 0.15) is 6.42 Å². The van der Waals surface area contributed by atoms with Crippen LogP contribution in [0.5, 0.6) is 0 Å². The summed E-state index contributed by atoms with van der Waals surface area (Å²) >= 11 is 0. The summed E-state index contributed by atoms with van der Waals surface area (Å²) in [7, 11) is -4.76. The highest BCUT2D eigenvalue weighted by molar-refractivity contribution is 7.53. The molecule has 0 amide bonds. The maximum atomic E-state index is 10.4. The van der Waals surface area contributed by atoms with Crippen molar-refractivity contribution in [2.24, 2.45) is 0 Å². The molecular weight excluding hydrogens is 175 g/mol.